The predicted octanol–water partition coefficient (Wildman–Crippen LogP) is 1.20. The van der Waals surface area contributed by atoms with Crippen LogP contribution in [0.4, 0.5) is 24.1 Å². The number of morpholine rings is 1. The fraction of sp³-hybridized carbons (Fsp3) is 0.609. The van der Waals surface area contributed by atoms with Crippen molar-refractivity contribution in [3.63, 3.8) is 0 Å². The van der Waals surface area contributed by atoms with Crippen molar-refractivity contribution in [2.75, 3.05) is 50.0 Å². The Kier molecular flexibility index (Phi) is 7.39. The third-order valence-electron chi connectivity index (χ3n) is 7.56. The second-order valence-electron chi connectivity index (χ2n) is 10.2. The molecule has 3 aliphatic rings. The molecule has 214 valence electrons. The number of fused-ring (bicyclic) bond motifs is 2. The molecule has 2 aromatic rings. The SMILES string of the molecule is CC(O)(c1cnc(N2CCN(S(=O)(=O)c3ccc(N)s3)C[C@@H]2CN2C3COCC2CC(=O)C3)nc1)C(F)(F)F. The number of anilines is 2. The van der Waals surface area contributed by atoms with Gasteiger partial charge < -0.3 is 20.5 Å². The van der Waals surface area contributed by atoms with Gasteiger partial charge in [-0.2, -0.15) is 17.5 Å². The number of nitrogens with two attached hydrogens (primary N) is 1. The van der Waals surface area contributed by atoms with Crippen molar-refractivity contribution in [2.24, 2.45) is 0 Å². The molecule has 2 bridgehead atoms. The van der Waals surface area contributed by atoms with E-state index >= 15 is 0 Å². The minimum atomic E-state index is -4.92. The molecule has 5 rings (SSSR count). The Hall–Kier alpha value is -2.37. The number of alkyl halides is 3. The highest BCUT2D eigenvalue weighted by Crippen LogP contribution is 2.38. The van der Waals surface area contributed by atoms with E-state index in [-0.39, 0.29) is 47.7 Å². The van der Waals surface area contributed by atoms with Crippen molar-refractivity contribution in [1.82, 2.24) is 19.2 Å². The van der Waals surface area contributed by atoms with Gasteiger partial charge in [-0.05, 0) is 19.1 Å². The van der Waals surface area contributed by atoms with Crippen LogP contribution in [0.1, 0.15) is 25.3 Å². The summed E-state index contributed by atoms with van der Waals surface area (Å²) in [5.74, 6) is 0.272. The molecule has 2 aromatic heterocycles. The Labute approximate surface area is 227 Å². The van der Waals surface area contributed by atoms with Gasteiger partial charge in [0.2, 0.25) is 5.95 Å². The largest absolute Gasteiger partial charge is 0.421 e. The number of ether oxygens (including phenoxy) is 1. The fourth-order valence-electron chi connectivity index (χ4n) is 5.28. The molecule has 16 heteroatoms. The molecule has 3 saturated heterocycles. The summed E-state index contributed by atoms with van der Waals surface area (Å²) in [7, 11) is -3.84. The zero-order valence-corrected chi connectivity index (χ0v) is 22.7. The number of hydrogen-bond donors (Lipinski definition) is 2. The summed E-state index contributed by atoms with van der Waals surface area (Å²) in [5, 5.41) is 10.4. The molecule has 4 atom stereocenters. The van der Waals surface area contributed by atoms with Gasteiger partial charge in [-0.25, -0.2) is 18.4 Å². The number of aromatic nitrogens is 2. The molecule has 0 saturated carbocycles. The minimum absolute atomic E-state index is 0.0657. The summed E-state index contributed by atoms with van der Waals surface area (Å²) in [6, 6.07) is 2.21. The van der Waals surface area contributed by atoms with Crippen molar-refractivity contribution < 1.29 is 36.2 Å². The van der Waals surface area contributed by atoms with E-state index in [1.165, 1.54) is 16.4 Å². The number of nitrogens with zero attached hydrogens (tertiary/aromatic N) is 5. The third-order valence-corrected chi connectivity index (χ3v) is 10.8. The number of carbonyl (C=O) groups excluding carboxylic acids is 1. The third kappa shape index (κ3) is 5.37. The smallest absolute Gasteiger partial charge is 0.391 e. The van der Waals surface area contributed by atoms with Crippen LogP contribution in [0, 0.1) is 0 Å². The maximum Gasteiger partial charge on any atom is 0.421 e. The fourth-order valence-corrected chi connectivity index (χ4v) is 8.00. The average Bonchev–Trinajstić information content (AvgIpc) is 3.31. The summed E-state index contributed by atoms with van der Waals surface area (Å²) in [5.41, 5.74) is 2.13. The zero-order valence-electron chi connectivity index (χ0n) is 21.0. The molecule has 5 heterocycles. The van der Waals surface area contributed by atoms with Crippen LogP contribution in [-0.4, -0.2) is 102 Å². The molecule has 0 radical (unpaired) electrons. The number of piperazine rings is 1. The van der Waals surface area contributed by atoms with Crippen LogP contribution in [0.2, 0.25) is 0 Å². The number of Topliss-reactive ketones (excluding diaryl/α,β-unsaturated/α-hetero) is 1. The van der Waals surface area contributed by atoms with Crippen LogP contribution in [0.25, 0.3) is 0 Å². The van der Waals surface area contributed by atoms with Crippen LogP contribution in [0.15, 0.2) is 28.7 Å². The van der Waals surface area contributed by atoms with Crippen LogP contribution in [0.5, 0.6) is 0 Å². The maximum atomic E-state index is 13.4. The monoisotopic (exact) mass is 590 g/mol. The van der Waals surface area contributed by atoms with E-state index in [0.717, 1.165) is 23.7 Å². The highest BCUT2D eigenvalue weighted by Gasteiger charge is 2.52. The lowest BCUT2D eigenvalue weighted by molar-refractivity contribution is -0.259. The Bertz CT molecular complexity index is 1300. The summed E-state index contributed by atoms with van der Waals surface area (Å²) in [6.07, 6.45) is -2.38. The van der Waals surface area contributed by atoms with Gasteiger partial charge >= 0.3 is 6.18 Å². The zero-order chi connectivity index (χ0) is 28.2. The van der Waals surface area contributed by atoms with Gasteiger partial charge in [0.15, 0.2) is 5.60 Å². The van der Waals surface area contributed by atoms with E-state index in [2.05, 4.69) is 14.9 Å². The summed E-state index contributed by atoms with van der Waals surface area (Å²) >= 11 is 0.972. The first-order valence-corrected chi connectivity index (χ1v) is 14.6. The number of aliphatic hydroxyl groups is 1. The van der Waals surface area contributed by atoms with Gasteiger partial charge in [-0.15, -0.1) is 11.3 Å². The van der Waals surface area contributed by atoms with E-state index < -0.39 is 33.4 Å². The number of hydrogen-bond acceptors (Lipinski definition) is 11. The highest BCUT2D eigenvalue weighted by molar-refractivity contribution is 7.91. The Balaban J connectivity index is 1.44. The second-order valence-corrected chi connectivity index (χ2v) is 13.5. The molecule has 0 amide bonds. The second kappa shape index (κ2) is 10.2. The van der Waals surface area contributed by atoms with Gasteiger partial charge in [0.25, 0.3) is 10.0 Å². The van der Waals surface area contributed by atoms with E-state index in [1.807, 2.05) is 0 Å². The van der Waals surface area contributed by atoms with Crippen LogP contribution >= 0.6 is 11.3 Å². The lowest BCUT2D eigenvalue weighted by Crippen LogP contribution is -2.64. The number of thiophene rings is 1. The van der Waals surface area contributed by atoms with Gasteiger partial charge in [-0.1, -0.05) is 0 Å². The lowest BCUT2D eigenvalue weighted by atomic mass is 9.92. The number of piperidine rings is 1. The molecule has 39 heavy (non-hydrogen) atoms. The first-order valence-electron chi connectivity index (χ1n) is 12.4. The molecule has 0 spiro atoms. The van der Waals surface area contributed by atoms with Gasteiger partial charge in [0.1, 0.15) is 9.99 Å². The predicted molar refractivity (Wildman–Crippen MR) is 136 cm³/mol. The summed E-state index contributed by atoms with van der Waals surface area (Å²) < 4.78 is 73.8. The topological polar surface area (TPSA) is 142 Å². The average molecular weight is 591 g/mol. The van der Waals surface area contributed by atoms with Crippen molar-refractivity contribution in [3.05, 3.63) is 30.1 Å². The molecular weight excluding hydrogens is 561 g/mol. The van der Waals surface area contributed by atoms with Crippen LogP contribution < -0.4 is 10.6 Å². The number of nitrogen functional groups attached to an aromatic ring is 1. The molecular formula is C23H29F3N6O5S2. The van der Waals surface area contributed by atoms with Crippen LogP contribution in [-0.2, 0) is 25.2 Å². The highest BCUT2D eigenvalue weighted by atomic mass is 32.2. The van der Waals surface area contributed by atoms with Crippen LogP contribution in [0.3, 0.4) is 0 Å². The molecule has 3 N–H and O–H groups in total. The molecule has 0 aliphatic carbocycles. The normalized spacial score (nSPS) is 26.9. The first-order chi connectivity index (χ1) is 18.3. The number of sulfonamides is 1. The summed E-state index contributed by atoms with van der Waals surface area (Å²) in [4.78, 5) is 24.4. The maximum absolute atomic E-state index is 13.4. The Morgan fingerprint density at radius 1 is 1.15 bits per heavy atom. The molecule has 3 fully saturated rings. The van der Waals surface area contributed by atoms with E-state index in [0.29, 0.717) is 44.5 Å². The van der Waals surface area contributed by atoms with E-state index in [9.17, 15) is 31.5 Å². The Morgan fingerprint density at radius 3 is 2.36 bits per heavy atom. The van der Waals surface area contributed by atoms with Crippen molar-refractivity contribution >= 4 is 38.1 Å². The quantitative estimate of drug-likeness (QED) is 0.504. The minimum Gasteiger partial charge on any atom is -0.391 e. The Morgan fingerprint density at radius 2 is 1.79 bits per heavy atom. The summed E-state index contributed by atoms with van der Waals surface area (Å²) in [6.45, 7) is 2.10. The standard InChI is InChI=1S/C23H29F3N6O5S2/c1-22(34,23(24,25)26)14-8-28-21(29-9-14)31-5-4-30(39(35,36)20-3-2-19(27)38-20)10-17(31)11-32-15-6-18(33)7-16(32)13-37-12-15/h2-3,8-9,15-17,34H,4-7,10-13,27H2,1H3/t15?,16?,17-,22?/m1/s1. The number of ketones is 1. The number of rotatable bonds is 6. The molecule has 3 aliphatic heterocycles. The van der Waals surface area contributed by atoms with Crippen molar-refractivity contribution in [3.8, 4) is 0 Å². The van der Waals surface area contributed by atoms with E-state index in [1.54, 1.807) is 4.90 Å². The molecule has 11 nitrogen and oxygen atoms in total. The van der Waals surface area contributed by atoms with Gasteiger partial charge in [0, 0.05) is 69.1 Å². The van der Waals surface area contributed by atoms with Crippen molar-refractivity contribution in [2.45, 2.75) is 53.9 Å². The first kappa shape index (κ1) is 28.2. The van der Waals surface area contributed by atoms with Crippen molar-refractivity contribution in [1.29, 1.82) is 0 Å². The molecule has 0 aromatic carbocycles. The number of halogens is 3. The molecule has 3 unspecified atom stereocenters. The van der Waals surface area contributed by atoms with E-state index in [4.69, 9.17) is 10.5 Å². The lowest BCUT2D eigenvalue weighted by Gasteiger charge is -2.49. The number of carbonyl (C=O) groups is 1. The van der Waals surface area contributed by atoms with Gasteiger partial charge in [0.05, 0.1) is 24.3 Å². The van der Waals surface area contributed by atoms with Gasteiger partial charge in [-0.3, -0.25) is 9.69 Å².